The van der Waals surface area contributed by atoms with Crippen LogP contribution in [0.25, 0.3) is 22.6 Å². The average Bonchev–Trinajstić information content (AvgIpc) is 2.88. The number of para-hydroxylation sites is 1. The number of carboxylic acid groups (broad SMARTS) is 1. The molecule has 3 aromatic rings. The van der Waals surface area contributed by atoms with Crippen molar-refractivity contribution in [2.75, 3.05) is 0 Å². The lowest BCUT2D eigenvalue weighted by atomic mass is 10.0. The topological polar surface area (TPSA) is 50.4 Å². The van der Waals surface area contributed by atoms with Crippen molar-refractivity contribution in [2.24, 2.45) is 0 Å². The Morgan fingerprint density at radius 3 is 2.45 bits per heavy atom. The number of hydrogen-bond acceptors (Lipinski definition) is 2. The van der Waals surface area contributed by atoms with Crippen molar-refractivity contribution < 1.29 is 14.3 Å². The third-order valence-electron chi connectivity index (χ3n) is 3.13. The van der Waals surface area contributed by atoms with E-state index in [0.29, 0.717) is 5.56 Å². The molecule has 98 valence electrons. The monoisotopic (exact) mass is 264 g/mol. The molecule has 0 bridgehead atoms. The summed E-state index contributed by atoms with van der Waals surface area (Å²) in [4.78, 5) is 11.5. The molecule has 1 heterocycles. The maximum atomic E-state index is 11.5. The number of furan rings is 1. The first kappa shape index (κ1) is 12.2. The summed E-state index contributed by atoms with van der Waals surface area (Å²) < 4.78 is 5.43. The smallest absolute Gasteiger partial charge is 0.336 e. The standard InChI is InChI=1S/C17H12O3/c18-17(19)15(12-6-2-1-3-7-12)10-13-11-20-16-9-5-4-8-14(13)16/h1-11H,(H,18,19)/b15-10+. The van der Waals surface area contributed by atoms with Gasteiger partial charge in [0.25, 0.3) is 0 Å². The highest BCUT2D eigenvalue weighted by molar-refractivity contribution is 6.21. The summed E-state index contributed by atoms with van der Waals surface area (Å²) in [5.41, 5.74) is 2.43. The van der Waals surface area contributed by atoms with Gasteiger partial charge in [-0.15, -0.1) is 0 Å². The molecule has 0 unspecified atom stereocenters. The van der Waals surface area contributed by atoms with E-state index in [2.05, 4.69) is 0 Å². The molecule has 0 aliphatic carbocycles. The van der Waals surface area contributed by atoms with Crippen LogP contribution in [0.1, 0.15) is 11.1 Å². The fraction of sp³-hybridized carbons (Fsp3) is 0. The first-order valence-electron chi connectivity index (χ1n) is 6.22. The van der Waals surface area contributed by atoms with Crippen LogP contribution in [0.5, 0.6) is 0 Å². The van der Waals surface area contributed by atoms with Crippen molar-refractivity contribution in [3.63, 3.8) is 0 Å². The lowest BCUT2D eigenvalue weighted by Crippen LogP contribution is -1.99. The SMILES string of the molecule is O=C(O)/C(=C/c1coc2ccccc12)c1ccccc1. The van der Waals surface area contributed by atoms with Crippen LogP contribution in [0.3, 0.4) is 0 Å². The van der Waals surface area contributed by atoms with Crippen LogP contribution in [-0.2, 0) is 4.79 Å². The van der Waals surface area contributed by atoms with E-state index >= 15 is 0 Å². The summed E-state index contributed by atoms with van der Waals surface area (Å²) in [6, 6.07) is 16.6. The van der Waals surface area contributed by atoms with Crippen LogP contribution < -0.4 is 0 Å². The Morgan fingerprint density at radius 1 is 1.00 bits per heavy atom. The van der Waals surface area contributed by atoms with Gasteiger partial charge in [-0.25, -0.2) is 4.79 Å². The second-order valence-electron chi connectivity index (χ2n) is 4.42. The predicted octanol–water partition coefficient (Wildman–Crippen LogP) is 4.06. The molecule has 3 heteroatoms. The molecule has 0 amide bonds. The molecule has 0 spiro atoms. The van der Waals surface area contributed by atoms with Gasteiger partial charge in [0, 0.05) is 10.9 Å². The minimum atomic E-state index is -0.957. The number of benzene rings is 2. The van der Waals surface area contributed by atoms with E-state index in [4.69, 9.17) is 4.42 Å². The lowest BCUT2D eigenvalue weighted by Gasteiger charge is -2.01. The van der Waals surface area contributed by atoms with E-state index in [0.717, 1.165) is 16.5 Å². The third-order valence-corrected chi connectivity index (χ3v) is 3.13. The van der Waals surface area contributed by atoms with Crippen LogP contribution in [0.4, 0.5) is 0 Å². The van der Waals surface area contributed by atoms with Crippen molar-refractivity contribution in [2.45, 2.75) is 0 Å². The summed E-state index contributed by atoms with van der Waals surface area (Å²) in [5, 5.41) is 10.3. The van der Waals surface area contributed by atoms with Gasteiger partial charge in [0.15, 0.2) is 0 Å². The Labute approximate surface area is 115 Å². The molecule has 3 rings (SSSR count). The van der Waals surface area contributed by atoms with Crippen LogP contribution in [-0.4, -0.2) is 11.1 Å². The maximum Gasteiger partial charge on any atom is 0.336 e. The van der Waals surface area contributed by atoms with Gasteiger partial charge in [-0.05, 0) is 17.7 Å². The lowest BCUT2D eigenvalue weighted by molar-refractivity contribution is -0.130. The van der Waals surface area contributed by atoms with E-state index in [1.807, 2.05) is 42.5 Å². The fourth-order valence-corrected chi connectivity index (χ4v) is 2.15. The quantitative estimate of drug-likeness (QED) is 0.726. The molecule has 0 aliphatic heterocycles. The number of carbonyl (C=O) groups is 1. The van der Waals surface area contributed by atoms with Gasteiger partial charge in [0.1, 0.15) is 5.58 Å². The largest absolute Gasteiger partial charge is 0.478 e. The van der Waals surface area contributed by atoms with Gasteiger partial charge in [-0.1, -0.05) is 48.5 Å². The Hall–Kier alpha value is -2.81. The van der Waals surface area contributed by atoms with Gasteiger partial charge in [-0.3, -0.25) is 0 Å². The van der Waals surface area contributed by atoms with E-state index < -0.39 is 5.97 Å². The number of fused-ring (bicyclic) bond motifs is 1. The van der Waals surface area contributed by atoms with Gasteiger partial charge in [0.05, 0.1) is 11.8 Å². The first-order valence-corrected chi connectivity index (χ1v) is 6.22. The first-order chi connectivity index (χ1) is 9.75. The highest BCUT2D eigenvalue weighted by Gasteiger charge is 2.12. The maximum absolute atomic E-state index is 11.5. The zero-order valence-electron chi connectivity index (χ0n) is 10.6. The summed E-state index contributed by atoms with van der Waals surface area (Å²) in [7, 11) is 0. The molecule has 1 aromatic heterocycles. The van der Waals surface area contributed by atoms with Gasteiger partial charge in [-0.2, -0.15) is 0 Å². The van der Waals surface area contributed by atoms with E-state index in [1.165, 1.54) is 0 Å². The molecule has 0 atom stereocenters. The molecular weight excluding hydrogens is 252 g/mol. The predicted molar refractivity (Wildman–Crippen MR) is 78.2 cm³/mol. The molecule has 0 radical (unpaired) electrons. The second kappa shape index (κ2) is 5.05. The molecule has 1 N–H and O–H groups in total. The molecule has 0 aliphatic rings. The van der Waals surface area contributed by atoms with Crippen LogP contribution in [0.15, 0.2) is 65.3 Å². The Bertz CT molecular complexity index is 782. The third kappa shape index (κ3) is 2.21. The highest BCUT2D eigenvalue weighted by Crippen LogP contribution is 2.25. The van der Waals surface area contributed by atoms with Crippen molar-refractivity contribution in [1.82, 2.24) is 0 Å². The Morgan fingerprint density at radius 2 is 1.70 bits per heavy atom. The Kier molecular flexibility index (Phi) is 3.09. The molecule has 3 nitrogen and oxygen atoms in total. The molecular formula is C17H12O3. The normalized spacial score (nSPS) is 11.7. The molecule has 0 saturated heterocycles. The molecule has 0 saturated carbocycles. The van der Waals surface area contributed by atoms with Crippen molar-refractivity contribution in [3.8, 4) is 0 Å². The zero-order valence-corrected chi connectivity index (χ0v) is 10.6. The number of aliphatic carboxylic acids is 1. The summed E-state index contributed by atoms with van der Waals surface area (Å²) in [6.07, 6.45) is 3.22. The highest BCUT2D eigenvalue weighted by atomic mass is 16.4. The van der Waals surface area contributed by atoms with Crippen molar-refractivity contribution in [3.05, 3.63) is 72.0 Å². The number of rotatable bonds is 3. The van der Waals surface area contributed by atoms with Gasteiger partial charge >= 0.3 is 5.97 Å². The van der Waals surface area contributed by atoms with E-state index in [-0.39, 0.29) is 5.57 Å². The fourth-order valence-electron chi connectivity index (χ4n) is 2.15. The van der Waals surface area contributed by atoms with Gasteiger partial charge < -0.3 is 9.52 Å². The summed E-state index contributed by atoms with van der Waals surface area (Å²) in [5.74, 6) is -0.957. The Balaban J connectivity index is 2.15. The minimum absolute atomic E-state index is 0.247. The number of carboxylic acids is 1. The van der Waals surface area contributed by atoms with Crippen LogP contribution in [0.2, 0.25) is 0 Å². The van der Waals surface area contributed by atoms with Crippen LogP contribution in [0, 0.1) is 0 Å². The molecule has 20 heavy (non-hydrogen) atoms. The summed E-state index contributed by atoms with van der Waals surface area (Å²) >= 11 is 0. The number of hydrogen-bond donors (Lipinski definition) is 1. The van der Waals surface area contributed by atoms with Gasteiger partial charge in [0.2, 0.25) is 0 Å². The van der Waals surface area contributed by atoms with Crippen molar-refractivity contribution >= 4 is 28.6 Å². The van der Waals surface area contributed by atoms with E-state index in [9.17, 15) is 9.90 Å². The molecule has 2 aromatic carbocycles. The summed E-state index contributed by atoms with van der Waals surface area (Å²) in [6.45, 7) is 0. The minimum Gasteiger partial charge on any atom is -0.478 e. The second-order valence-corrected chi connectivity index (χ2v) is 4.42. The van der Waals surface area contributed by atoms with Crippen LogP contribution >= 0.6 is 0 Å². The van der Waals surface area contributed by atoms with E-state index in [1.54, 1.807) is 24.5 Å². The van der Waals surface area contributed by atoms with Crippen molar-refractivity contribution in [1.29, 1.82) is 0 Å². The average molecular weight is 264 g/mol. The zero-order chi connectivity index (χ0) is 13.9. The molecule has 0 fully saturated rings.